The van der Waals surface area contributed by atoms with Crippen molar-refractivity contribution < 1.29 is 4.74 Å². The molecule has 2 aromatic rings. The maximum absolute atomic E-state index is 5.85. The molecule has 0 radical (unpaired) electrons. The minimum Gasteiger partial charge on any atom is -0.496 e. The van der Waals surface area contributed by atoms with Crippen molar-refractivity contribution in [3.63, 3.8) is 0 Å². The number of hydrogen-bond acceptors (Lipinski definition) is 2. The molecule has 0 bridgehead atoms. The summed E-state index contributed by atoms with van der Waals surface area (Å²) in [4.78, 5) is 4.88. The quantitative estimate of drug-likeness (QED) is 0.497. The number of allylic oxidation sites excluding steroid dienone is 1. The summed E-state index contributed by atoms with van der Waals surface area (Å²) in [6.07, 6.45) is 8.47. The molecule has 0 N–H and O–H groups in total. The van der Waals surface area contributed by atoms with E-state index in [9.17, 15) is 0 Å². The molecule has 0 unspecified atom stereocenters. The first-order chi connectivity index (χ1) is 12.6. The number of hydrogen-bond donors (Lipinski definition) is 0. The van der Waals surface area contributed by atoms with Gasteiger partial charge in [0.2, 0.25) is 0 Å². The average Bonchev–Trinajstić information content (AvgIpc) is 2.77. The minimum absolute atomic E-state index is 0. The Morgan fingerprint density at radius 2 is 1.74 bits per heavy atom. The van der Waals surface area contributed by atoms with E-state index in [0.29, 0.717) is 0 Å². The van der Waals surface area contributed by atoms with Gasteiger partial charge in [0.15, 0.2) is 0 Å². The minimum atomic E-state index is 0. The lowest BCUT2D eigenvalue weighted by atomic mass is 9.88. The van der Waals surface area contributed by atoms with Gasteiger partial charge in [-0.25, -0.2) is 0 Å². The third kappa shape index (κ3) is 4.45. The molecule has 27 heavy (non-hydrogen) atoms. The van der Waals surface area contributed by atoms with Crippen molar-refractivity contribution in [2.24, 2.45) is 0 Å². The highest BCUT2D eigenvalue weighted by molar-refractivity contribution is 9.10. The van der Waals surface area contributed by atoms with Crippen molar-refractivity contribution in [3.05, 3.63) is 62.4 Å². The van der Waals surface area contributed by atoms with Gasteiger partial charge in [0, 0.05) is 21.8 Å². The fourth-order valence-electron chi connectivity index (χ4n) is 4.08. The summed E-state index contributed by atoms with van der Waals surface area (Å²) in [5.74, 6) is 0.984. The number of pyridine rings is 1. The van der Waals surface area contributed by atoms with E-state index in [-0.39, 0.29) is 7.43 Å². The van der Waals surface area contributed by atoms with Gasteiger partial charge in [0.1, 0.15) is 5.75 Å². The first-order valence-corrected chi connectivity index (χ1v) is 10.4. The summed E-state index contributed by atoms with van der Waals surface area (Å²) in [6.45, 7) is 6.67. The molecule has 0 spiro atoms. The van der Waals surface area contributed by atoms with E-state index >= 15 is 0 Å². The standard InChI is InChI=1S/C23H28BrNO.CH4/c1-5-7-16(8-6-2)22-21-17(11-15(3)12-20(21)26-4)9-10-18-13-19(24)14-25-23(18)22;/h11-14H,5-10H2,1-4H3;1H4. The summed E-state index contributed by atoms with van der Waals surface area (Å²) in [5, 5.41) is 0. The summed E-state index contributed by atoms with van der Waals surface area (Å²) in [7, 11) is 1.78. The van der Waals surface area contributed by atoms with Crippen LogP contribution in [0.4, 0.5) is 0 Å². The van der Waals surface area contributed by atoms with Crippen LogP contribution in [0, 0.1) is 6.92 Å². The number of benzene rings is 1. The molecule has 1 heterocycles. The van der Waals surface area contributed by atoms with Crippen LogP contribution in [0.15, 0.2) is 34.4 Å². The number of ether oxygens (including phenoxy) is 1. The highest BCUT2D eigenvalue weighted by Crippen LogP contribution is 2.42. The first kappa shape index (κ1) is 21.7. The van der Waals surface area contributed by atoms with Crippen LogP contribution in [0.25, 0.3) is 5.57 Å². The molecule has 1 aromatic carbocycles. The van der Waals surface area contributed by atoms with Gasteiger partial charge in [0.05, 0.1) is 12.8 Å². The Morgan fingerprint density at radius 3 is 2.37 bits per heavy atom. The van der Waals surface area contributed by atoms with Crippen molar-refractivity contribution in [3.8, 4) is 5.75 Å². The lowest BCUT2D eigenvalue weighted by Gasteiger charge is -2.20. The zero-order valence-corrected chi connectivity index (χ0v) is 17.9. The molecule has 2 nitrogen and oxygen atoms in total. The van der Waals surface area contributed by atoms with E-state index in [1.54, 1.807) is 7.11 Å². The number of nitrogens with zero attached hydrogens (tertiary/aromatic N) is 1. The van der Waals surface area contributed by atoms with Gasteiger partial charge in [-0.1, -0.05) is 45.8 Å². The van der Waals surface area contributed by atoms with Gasteiger partial charge in [-0.2, -0.15) is 0 Å². The van der Waals surface area contributed by atoms with E-state index in [2.05, 4.69) is 54.9 Å². The Bertz CT molecular complexity index is 831. The highest BCUT2D eigenvalue weighted by Gasteiger charge is 2.25. The molecule has 0 fully saturated rings. The predicted molar refractivity (Wildman–Crippen MR) is 120 cm³/mol. The largest absolute Gasteiger partial charge is 0.496 e. The second kappa shape index (κ2) is 9.54. The molecule has 3 rings (SSSR count). The molecule has 1 aliphatic carbocycles. The molecular formula is C24H32BrNO. The average molecular weight is 430 g/mol. The molecule has 146 valence electrons. The van der Waals surface area contributed by atoms with Crippen LogP contribution in [-0.2, 0) is 12.8 Å². The van der Waals surface area contributed by atoms with Crippen LogP contribution in [0.2, 0.25) is 0 Å². The number of aromatic nitrogens is 1. The lowest BCUT2D eigenvalue weighted by Crippen LogP contribution is -2.03. The highest BCUT2D eigenvalue weighted by atomic mass is 79.9. The van der Waals surface area contributed by atoms with Crippen LogP contribution in [0.5, 0.6) is 5.75 Å². The van der Waals surface area contributed by atoms with Crippen molar-refractivity contribution in [2.45, 2.75) is 66.7 Å². The van der Waals surface area contributed by atoms with Gasteiger partial charge < -0.3 is 4.74 Å². The topological polar surface area (TPSA) is 22.1 Å². The molecule has 1 aromatic heterocycles. The molecule has 3 heteroatoms. The van der Waals surface area contributed by atoms with Gasteiger partial charge in [-0.15, -0.1) is 0 Å². The SMILES string of the molecule is C.CCCC(CCC)=C1c2ncc(Br)cc2CCc2cc(C)cc(OC)c21. The van der Waals surface area contributed by atoms with Crippen molar-refractivity contribution >= 4 is 21.5 Å². The van der Waals surface area contributed by atoms with Gasteiger partial charge >= 0.3 is 0 Å². The zero-order chi connectivity index (χ0) is 18.7. The number of methoxy groups -OCH3 is 1. The smallest absolute Gasteiger partial charge is 0.127 e. The molecule has 0 aliphatic heterocycles. The van der Waals surface area contributed by atoms with E-state index in [1.165, 1.54) is 33.4 Å². The van der Waals surface area contributed by atoms with E-state index in [1.807, 2.05) is 6.20 Å². The fraction of sp³-hybridized carbons (Fsp3) is 0.458. The maximum atomic E-state index is 5.85. The molecule has 0 saturated carbocycles. The Balaban J connectivity index is 0.00000261. The maximum Gasteiger partial charge on any atom is 0.127 e. The van der Waals surface area contributed by atoms with E-state index in [4.69, 9.17) is 9.72 Å². The number of rotatable bonds is 5. The normalized spacial score (nSPS) is 12.6. The molecular weight excluding hydrogens is 398 g/mol. The summed E-state index contributed by atoms with van der Waals surface area (Å²) in [5.41, 5.74) is 9.21. The third-order valence-electron chi connectivity index (χ3n) is 5.09. The fourth-order valence-corrected chi connectivity index (χ4v) is 4.45. The summed E-state index contributed by atoms with van der Waals surface area (Å²) < 4.78 is 6.91. The molecule has 0 amide bonds. The van der Waals surface area contributed by atoms with Crippen LogP contribution < -0.4 is 4.74 Å². The Kier molecular flexibility index (Phi) is 7.67. The first-order valence-electron chi connectivity index (χ1n) is 9.63. The second-order valence-electron chi connectivity index (χ2n) is 7.14. The van der Waals surface area contributed by atoms with Crippen molar-refractivity contribution in [2.75, 3.05) is 7.11 Å². The van der Waals surface area contributed by atoms with Gasteiger partial charge in [-0.05, 0) is 77.4 Å². The van der Waals surface area contributed by atoms with E-state index in [0.717, 1.165) is 54.4 Å². The van der Waals surface area contributed by atoms with Crippen LogP contribution >= 0.6 is 15.9 Å². The number of aryl methyl sites for hydroxylation is 3. The lowest BCUT2D eigenvalue weighted by molar-refractivity contribution is 0.412. The third-order valence-corrected chi connectivity index (χ3v) is 5.52. The van der Waals surface area contributed by atoms with Crippen LogP contribution in [0.3, 0.4) is 0 Å². The monoisotopic (exact) mass is 429 g/mol. The Labute approximate surface area is 173 Å². The predicted octanol–water partition coefficient (Wildman–Crippen LogP) is 7.30. The zero-order valence-electron chi connectivity index (χ0n) is 16.3. The van der Waals surface area contributed by atoms with Crippen LogP contribution in [0.1, 0.15) is 74.9 Å². The Hall–Kier alpha value is -1.61. The number of halogens is 1. The Morgan fingerprint density at radius 1 is 1.07 bits per heavy atom. The molecule has 0 atom stereocenters. The second-order valence-corrected chi connectivity index (χ2v) is 8.06. The van der Waals surface area contributed by atoms with E-state index < -0.39 is 0 Å². The summed E-state index contributed by atoms with van der Waals surface area (Å²) in [6, 6.07) is 6.73. The van der Waals surface area contributed by atoms with Crippen molar-refractivity contribution in [1.29, 1.82) is 0 Å². The van der Waals surface area contributed by atoms with Gasteiger partial charge in [-0.3, -0.25) is 4.98 Å². The van der Waals surface area contributed by atoms with Gasteiger partial charge in [0.25, 0.3) is 0 Å². The van der Waals surface area contributed by atoms with Crippen LogP contribution in [-0.4, -0.2) is 12.1 Å². The van der Waals surface area contributed by atoms with Crippen molar-refractivity contribution in [1.82, 2.24) is 4.98 Å². The molecule has 1 aliphatic rings. The number of fused-ring (bicyclic) bond motifs is 2. The molecule has 0 saturated heterocycles. The summed E-state index contributed by atoms with van der Waals surface area (Å²) >= 11 is 3.61.